The first-order valence-corrected chi connectivity index (χ1v) is 8.20. The molecule has 23 heavy (non-hydrogen) atoms. The van der Waals surface area contributed by atoms with Crippen LogP contribution in [-0.4, -0.2) is 6.61 Å². The predicted molar refractivity (Wildman–Crippen MR) is 99.8 cm³/mol. The molecule has 0 atom stereocenters. The maximum absolute atomic E-state index is 9.42. The van der Waals surface area contributed by atoms with E-state index < -0.39 is 0 Å². The Kier molecular flexibility index (Phi) is 6.29. The highest BCUT2D eigenvalue weighted by Crippen LogP contribution is 2.30. The Morgan fingerprint density at radius 3 is 2.65 bits per heavy atom. The summed E-state index contributed by atoms with van der Waals surface area (Å²) in [4.78, 5) is 0. The largest absolute Gasteiger partial charge is 0.488 e. The first kappa shape index (κ1) is 17.6. The van der Waals surface area contributed by atoms with Gasteiger partial charge in [-0.15, -0.1) is 0 Å². The summed E-state index contributed by atoms with van der Waals surface area (Å²) in [6, 6.07) is 12.8. The Balaban J connectivity index is 2.37. The highest BCUT2D eigenvalue weighted by molar-refractivity contribution is 9.10. The summed E-state index contributed by atoms with van der Waals surface area (Å²) in [6.07, 6.45) is 3.44. The third kappa shape index (κ3) is 4.62. The van der Waals surface area contributed by atoms with E-state index in [-0.39, 0.29) is 0 Å². The summed E-state index contributed by atoms with van der Waals surface area (Å²) < 4.78 is 6.30. The molecule has 0 N–H and O–H groups in total. The van der Waals surface area contributed by atoms with Gasteiger partial charge in [0.05, 0.1) is 21.1 Å². The van der Waals surface area contributed by atoms with Crippen LogP contribution in [0.15, 0.2) is 53.5 Å². The zero-order valence-corrected chi connectivity index (χ0v) is 15.1. The van der Waals surface area contributed by atoms with Gasteiger partial charge in [-0.05, 0) is 51.8 Å². The molecule has 0 radical (unpaired) electrons. The van der Waals surface area contributed by atoms with Gasteiger partial charge in [0, 0.05) is 10.6 Å². The van der Waals surface area contributed by atoms with Crippen molar-refractivity contribution in [3.63, 3.8) is 0 Å². The minimum absolute atomic E-state index is 0.428. The van der Waals surface area contributed by atoms with E-state index in [4.69, 9.17) is 27.9 Å². The normalized spacial score (nSPS) is 11.0. The number of benzene rings is 2. The second kappa shape index (κ2) is 8.21. The monoisotopic (exact) mass is 407 g/mol. The molecule has 0 fully saturated rings. The summed E-state index contributed by atoms with van der Waals surface area (Å²) in [7, 11) is 0. The molecule has 0 heterocycles. The lowest BCUT2D eigenvalue weighted by molar-refractivity contribution is 0.361. The van der Waals surface area contributed by atoms with E-state index in [9.17, 15) is 5.26 Å². The lowest BCUT2D eigenvalue weighted by atomic mass is 10.0. The zero-order chi connectivity index (χ0) is 16.8. The second-order valence-corrected chi connectivity index (χ2v) is 6.28. The lowest BCUT2D eigenvalue weighted by Crippen LogP contribution is -1.93. The van der Waals surface area contributed by atoms with Crippen LogP contribution in [0.2, 0.25) is 10.0 Å². The molecule has 2 aromatic rings. The molecule has 0 aliphatic rings. The Hall–Kier alpha value is -1.73. The van der Waals surface area contributed by atoms with Crippen molar-refractivity contribution in [2.75, 3.05) is 6.61 Å². The molecule has 0 saturated heterocycles. The van der Waals surface area contributed by atoms with Crippen LogP contribution in [0.4, 0.5) is 0 Å². The van der Waals surface area contributed by atoms with Crippen molar-refractivity contribution in [3.8, 4) is 11.8 Å². The zero-order valence-electron chi connectivity index (χ0n) is 12.0. The van der Waals surface area contributed by atoms with Crippen molar-refractivity contribution in [2.24, 2.45) is 0 Å². The Morgan fingerprint density at radius 1 is 1.26 bits per heavy atom. The highest BCUT2D eigenvalue weighted by Gasteiger charge is 2.08. The molecule has 0 aromatic heterocycles. The lowest BCUT2D eigenvalue weighted by Gasteiger charge is -2.07. The van der Waals surface area contributed by atoms with Crippen LogP contribution < -0.4 is 4.74 Å². The molecule has 2 rings (SSSR count). The van der Waals surface area contributed by atoms with Crippen molar-refractivity contribution in [1.29, 1.82) is 5.26 Å². The minimum atomic E-state index is 0.428. The topological polar surface area (TPSA) is 33.0 Å². The Bertz CT molecular complexity index is 809. The van der Waals surface area contributed by atoms with E-state index in [1.807, 2.05) is 18.2 Å². The van der Waals surface area contributed by atoms with Gasteiger partial charge in [-0.3, -0.25) is 0 Å². The van der Waals surface area contributed by atoms with Crippen molar-refractivity contribution < 1.29 is 4.74 Å². The number of halogens is 3. The molecular formula is C18H12BrCl2NO. The van der Waals surface area contributed by atoms with Crippen molar-refractivity contribution in [3.05, 3.63) is 74.7 Å². The molecule has 0 amide bonds. The van der Waals surface area contributed by atoms with E-state index in [0.717, 1.165) is 10.0 Å². The average molecular weight is 409 g/mol. The predicted octanol–water partition coefficient (Wildman–Crippen LogP) is 6.38. The molecule has 0 unspecified atom stereocenters. The van der Waals surface area contributed by atoms with E-state index >= 15 is 0 Å². The molecule has 0 saturated carbocycles. The highest BCUT2D eigenvalue weighted by atomic mass is 79.9. The maximum atomic E-state index is 9.42. The van der Waals surface area contributed by atoms with Crippen molar-refractivity contribution >= 4 is 50.8 Å². The third-order valence-electron chi connectivity index (χ3n) is 2.97. The van der Waals surface area contributed by atoms with Gasteiger partial charge in [-0.25, -0.2) is 0 Å². The van der Waals surface area contributed by atoms with Gasteiger partial charge in [-0.1, -0.05) is 48.0 Å². The van der Waals surface area contributed by atoms with Gasteiger partial charge in [0.25, 0.3) is 0 Å². The summed E-state index contributed by atoms with van der Waals surface area (Å²) in [5.74, 6) is 0.713. The molecule has 116 valence electrons. The number of allylic oxidation sites excluding steroid dienone is 1. The van der Waals surface area contributed by atoms with Crippen LogP contribution in [0.25, 0.3) is 11.6 Å². The fraction of sp³-hybridized carbons (Fsp3) is 0.0556. The van der Waals surface area contributed by atoms with Crippen LogP contribution in [0.5, 0.6) is 5.75 Å². The summed E-state index contributed by atoms with van der Waals surface area (Å²) >= 11 is 15.5. The first-order chi connectivity index (χ1) is 11.0. The smallest absolute Gasteiger partial charge is 0.133 e. The fourth-order valence-electron chi connectivity index (χ4n) is 1.92. The molecule has 2 nitrogen and oxygen atoms in total. The van der Waals surface area contributed by atoms with Gasteiger partial charge >= 0.3 is 0 Å². The van der Waals surface area contributed by atoms with Gasteiger partial charge in [-0.2, -0.15) is 5.26 Å². The summed E-state index contributed by atoms with van der Waals surface area (Å²) in [5.41, 5.74) is 1.95. The molecular weight excluding hydrogens is 397 g/mol. The number of rotatable bonds is 5. The van der Waals surface area contributed by atoms with E-state index in [2.05, 4.69) is 28.6 Å². The van der Waals surface area contributed by atoms with E-state index in [0.29, 0.717) is 33.5 Å². The number of nitriles is 1. The quantitative estimate of drug-likeness (QED) is 0.326. The van der Waals surface area contributed by atoms with Gasteiger partial charge in [0.15, 0.2) is 0 Å². The molecule has 0 aliphatic carbocycles. The van der Waals surface area contributed by atoms with Gasteiger partial charge < -0.3 is 4.74 Å². The van der Waals surface area contributed by atoms with Crippen molar-refractivity contribution in [1.82, 2.24) is 0 Å². The number of ether oxygens (including phenoxy) is 1. The summed E-state index contributed by atoms with van der Waals surface area (Å²) in [5, 5.41) is 10.4. The molecule has 2 aromatic carbocycles. The van der Waals surface area contributed by atoms with Crippen LogP contribution in [0, 0.1) is 11.3 Å². The molecule has 5 heteroatoms. The molecule has 0 aliphatic heterocycles. The van der Waals surface area contributed by atoms with Crippen LogP contribution in [0.3, 0.4) is 0 Å². The second-order valence-electron chi connectivity index (χ2n) is 4.58. The SMILES string of the molecule is C=CCOc1ccc(/C=C(\C#N)c2ccc(Cl)cc2Cl)cc1Br. The van der Waals surface area contributed by atoms with Gasteiger partial charge in [0.2, 0.25) is 0 Å². The third-order valence-corrected chi connectivity index (χ3v) is 4.13. The van der Waals surface area contributed by atoms with Gasteiger partial charge in [0.1, 0.15) is 12.4 Å². The number of hydrogen-bond donors (Lipinski definition) is 0. The van der Waals surface area contributed by atoms with Crippen molar-refractivity contribution in [2.45, 2.75) is 0 Å². The van der Waals surface area contributed by atoms with E-state index in [1.54, 1.807) is 30.4 Å². The van der Waals surface area contributed by atoms with Crippen LogP contribution >= 0.6 is 39.1 Å². The van der Waals surface area contributed by atoms with E-state index in [1.165, 1.54) is 0 Å². The van der Waals surface area contributed by atoms with Crippen LogP contribution in [0.1, 0.15) is 11.1 Å². The minimum Gasteiger partial charge on any atom is -0.488 e. The molecule has 0 bridgehead atoms. The first-order valence-electron chi connectivity index (χ1n) is 6.65. The standard InChI is InChI=1S/C18H12BrCl2NO/c1-2-7-23-18-6-3-12(9-16(18)19)8-13(11-22)15-5-4-14(20)10-17(15)21/h2-6,8-10H,1,7H2/b13-8+. The summed E-state index contributed by atoms with van der Waals surface area (Å²) in [6.45, 7) is 4.04. The average Bonchev–Trinajstić information content (AvgIpc) is 2.52. The molecule has 0 spiro atoms. The number of nitrogens with zero attached hydrogens (tertiary/aromatic N) is 1. The maximum Gasteiger partial charge on any atom is 0.133 e. The number of hydrogen-bond acceptors (Lipinski definition) is 2. The fourth-order valence-corrected chi connectivity index (χ4v) is 2.94. The Labute approximate surface area is 153 Å². The van der Waals surface area contributed by atoms with Crippen LogP contribution in [-0.2, 0) is 0 Å². The Morgan fingerprint density at radius 2 is 2.04 bits per heavy atom.